The third kappa shape index (κ3) is 5.18. The summed E-state index contributed by atoms with van der Waals surface area (Å²) in [6.07, 6.45) is 1.83. The second kappa shape index (κ2) is 9.48. The Labute approximate surface area is 171 Å². The normalized spacial score (nSPS) is 11.9. The fourth-order valence-corrected chi connectivity index (χ4v) is 3.40. The maximum absolute atomic E-state index is 5.94. The van der Waals surface area contributed by atoms with Gasteiger partial charge in [-0.3, -0.25) is 4.57 Å². The molecule has 0 saturated heterocycles. The van der Waals surface area contributed by atoms with Crippen LogP contribution in [-0.4, -0.2) is 21.4 Å². The molecule has 1 unspecified atom stereocenters. The van der Waals surface area contributed by atoms with Crippen LogP contribution < -0.4 is 9.64 Å². The second-order valence-corrected chi connectivity index (χ2v) is 7.35. The zero-order valence-corrected chi connectivity index (χ0v) is 17.3. The minimum atomic E-state index is 0.367. The van der Waals surface area contributed by atoms with Gasteiger partial charge in [0.25, 0.3) is 0 Å². The van der Waals surface area contributed by atoms with E-state index in [0.29, 0.717) is 24.6 Å². The fourth-order valence-electron chi connectivity index (χ4n) is 3.12. The van der Waals surface area contributed by atoms with E-state index in [4.69, 9.17) is 22.1 Å². The Kier molecular flexibility index (Phi) is 6.79. The highest BCUT2D eigenvalue weighted by molar-refractivity contribution is 7.71. The van der Waals surface area contributed by atoms with Crippen molar-refractivity contribution in [2.45, 2.75) is 33.3 Å². The summed E-state index contributed by atoms with van der Waals surface area (Å²) in [4.78, 5) is 1.30. The smallest absolute Gasteiger partial charge is 0.203 e. The Morgan fingerprint density at radius 1 is 1.18 bits per heavy atom. The van der Waals surface area contributed by atoms with E-state index in [1.165, 1.54) is 10.5 Å². The Morgan fingerprint density at radius 3 is 2.68 bits per heavy atom. The molecule has 1 atom stereocenters. The van der Waals surface area contributed by atoms with Gasteiger partial charge < -0.3 is 9.64 Å². The lowest BCUT2D eigenvalue weighted by molar-refractivity contribution is -0.917. The van der Waals surface area contributed by atoms with Crippen molar-refractivity contribution < 1.29 is 9.64 Å². The van der Waals surface area contributed by atoms with Crippen molar-refractivity contribution in [3.8, 4) is 5.75 Å². The van der Waals surface area contributed by atoms with Crippen LogP contribution in [0.25, 0.3) is 0 Å². The molecule has 3 aromatic rings. The number of aryl methyl sites for hydroxylation is 1. The summed E-state index contributed by atoms with van der Waals surface area (Å²) in [6, 6.07) is 18.4. The van der Waals surface area contributed by atoms with E-state index in [-0.39, 0.29) is 0 Å². The van der Waals surface area contributed by atoms with Gasteiger partial charge in [0, 0.05) is 12.1 Å². The minimum absolute atomic E-state index is 0.367. The van der Waals surface area contributed by atoms with Gasteiger partial charge in [-0.15, -0.1) is 11.7 Å². The number of quaternary nitrogens is 1. The zero-order valence-electron chi connectivity index (χ0n) is 16.5. The number of hydrogen-bond donors (Lipinski definition) is 1. The molecule has 0 amide bonds. The van der Waals surface area contributed by atoms with Crippen molar-refractivity contribution >= 4 is 12.2 Å². The molecular weight excluding hydrogens is 368 g/mol. The number of allylic oxidation sites excluding steroid dienone is 1. The average Bonchev–Trinajstić information content (AvgIpc) is 2.96. The third-order valence-corrected chi connectivity index (χ3v) is 4.87. The molecule has 6 heteroatoms. The van der Waals surface area contributed by atoms with Gasteiger partial charge in [0.05, 0.1) is 7.05 Å². The van der Waals surface area contributed by atoms with E-state index in [0.717, 1.165) is 23.7 Å². The van der Waals surface area contributed by atoms with Crippen LogP contribution in [-0.2, 0) is 26.4 Å². The average molecular weight is 396 g/mol. The molecule has 0 radical (unpaired) electrons. The SMILES string of the molecule is C=CCn1c(COc2cccc(C)c2)nn(C[NH+](C)Cc2ccccc2)c1=S. The molecule has 0 aliphatic carbocycles. The van der Waals surface area contributed by atoms with Crippen LogP contribution in [0.2, 0.25) is 0 Å². The van der Waals surface area contributed by atoms with Crippen LogP contribution in [0.1, 0.15) is 17.0 Å². The van der Waals surface area contributed by atoms with E-state index < -0.39 is 0 Å². The number of hydrogen-bond acceptors (Lipinski definition) is 3. The monoisotopic (exact) mass is 395 g/mol. The summed E-state index contributed by atoms with van der Waals surface area (Å²) >= 11 is 5.66. The van der Waals surface area contributed by atoms with Crippen molar-refractivity contribution in [2.75, 3.05) is 7.05 Å². The summed E-state index contributed by atoms with van der Waals surface area (Å²) in [5, 5.41) is 4.73. The standard InChI is InChI=1S/C22H26N4OS/c1-4-13-25-21(16-27-20-12-8-9-18(2)14-20)23-26(22(25)28)17-24(3)15-19-10-6-5-7-11-19/h4-12,14H,1,13,15-17H2,2-3H3/p+1. The lowest BCUT2D eigenvalue weighted by Gasteiger charge is -2.13. The van der Waals surface area contributed by atoms with Gasteiger partial charge in [0.15, 0.2) is 12.5 Å². The Hall–Kier alpha value is -2.70. The highest BCUT2D eigenvalue weighted by atomic mass is 32.1. The summed E-state index contributed by atoms with van der Waals surface area (Å²) < 4.78 is 10.5. The molecule has 0 aliphatic heterocycles. The Bertz CT molecular complexity index is 978. The van der Waals surface area contributed by atoms with Crippen molar-refractivity contribution in [1.82, 2.24) is 14.3 Å². The molecule has 0 fully saturated rings. The van der Waals surface area contributed by atoms with E-state index in [2.05, 4.69) is 37.9 Å². The number of nitrogens with zero attached hydrogens (tertiary/aromatic N) is 3. The van der Waals surface area contributed by atoms with Gasteiger partial charge in [-0.05, 0) is 36.8 Å². The van der Waals surface area contributed by atoms with Crippen LogP contribution in [0, 0.1) is 11.7 Å². The lowest BCUT2D eigenvalue weighted by atomic mass is 10.2. The lowest BCUT2D eigenvalue weighted by Crippen LogP contribution is -3.07. The molecule has 2 aromatic carbocycles. The predicted octanol–water partition coefficient (Wildman–Crippen LogP) is 3.16. The van der Waals surface area contributed by atoms with Crippen LogP contribution in [0.3, 0.4) is 0 Å². The van der Waals surface area contributed by atoms with E-state index in [1.807, 2.05) is 52.6 Å². The number of nitrogens with one attached hydrogen (secondary N) is 1. The molecule has 28 heavy (non-hydrogen) atoms. The number of ether oxygens (including phenoxy) is 1. The van der Waals surface area contributed by atoms with E-state index >= 15 is 0 Å². The van der Waals surface area contributed by atoms with E-state index in [1.54, 1.807) is 0 Å². The van der Waals surface area contributed by atoms with Gasteiger partial charge in [0.2, 0.25) is 4.77 Å². The molecule has 3 rings (SSSR count). The molecule has 1 heterocycles. The van der Waals surface area contributed by atoms with Gasteiger partial charge >= 0.3 is 0 Å². The highest BCUT2D eigenvalue weighted by Crippen LogP contribution is 2.14. The van der Waals surface area contributed by atoms with Crippen molar-refractivity contribution in [2.24, 2.45) is 0 Å². The largest absolute Gasteiger partial charge is 0.486 e. The molecule has 1 N–H and O–H groups in total. The number of rotatable bonds is 9. The molecule has 5 nitrogen and oxygen atoms in total. The first-order valence-electron chi connectivity index (χ1n) is 9.39. The molecule has 0 bridgehead atoms. The number of aromatic nitrogens is 3. The summed E-state index contributed by atoms with van der Waals surface area (Å²) in [5.41, 5.74) is 2.46. The molecule has 146 valence electrons. The summed E-state index contributed by atoms with van der Waals surface area (Å²) in [6.45, 7) is 8.47. The zero-order chi connectivity index (χ0) is 19.9. The van der Waals surface area contributed by atoms with Gasteiger partial charge in [-0.25, -0.2) is 0 Å². The third-order valence-electron chi connectivity index (χ3n) is 4.44. The minimum Gasteiger partial charge on any atom is -0.486 e. The first-order chi connectivity index (χ1) is 13.6. The molecule has 0 spiro atoms. The second-order valence-electron chi connectivity index (χ2n) is 6.98. The van der Waals surface area contributed by atoms with Crippen molar-refractivity contribution in [1.29, 1.82) is 0 Å². The molecule has 1 aromatic heterocycles. The Morgan fingerprint density at radius 2 is 1.96 bits per heavy atom. The molecule has 0 saturated carbocycles. The molecular formula is C22H27N4OS+. The summed E-state index contributed by atoms with van der Waals surface area (Å²) in [7, 11) is 2.14. The van der Waals surface area contributed by atoms with Gasteiger partial charge in [-0.2, -0.15) is 4.68 Å². The van der Waals surface area contributed by atoms with Gasteiger partial charge in [0.1, 0.15) is 18.9 Å². The van der Waals surface area contributed by atoms with Crippen LogP contribution in [0.5, 0.6) is 5.75 Å². The van der Waals surface area contributed by atoms with Crippen LogP contribution in [0.4, 0.5) is 0 Å². The summed E-state index contributed by atoms with van der Waals surface area (Å²) in [5.74, 6) is 1.64. The topological polar surface area (TPSA) is 36.4 Å². The van der Waals surface area contributed by atoms with E-state index in [9.17, 15) is 0 Å². The predicted molar refractivity (Wildman–Crippen MR) is 114 cm³/mol. The maximum atomic E-state index is 5.94. The Balaban J connectivity index is 1.74. The van der Waals surface area contributed by atoms with Crippen LogP contribution in [0.15, 0.2) is 67.3 Å². The first-order valence-corrected chi connectivity index (χ1v) is 9.79. The quantitative estimate of drug-likeness (QED) is 0.447. The fraction of sp³-hybridized carbons (Fsp3) is 0.273. The van der Waals surface area contributed by atoms with Crippen molar-refractivity contribution in [3.63, 3.8) is 0 Å². The first kappa shape index (κ1) is 20.0. The highest BCUT2D eigenvalue weighted by Gasteiger charge is 2.14. The molecule has 0 aliphatic rings. The van der Waals surface area contributed by atoms with Crippen LogP contribution >= 0.6 is 12.2 Å². The number of benzene rings is 2. The maximum Gasteiger partial charge on any atom is 0.203 e. The van der Waals surface area contributed by atoms with Gasteiger partial charge in [-0.1, -0.05) is 48.5 Å². The van der Waals surface area contributed by atoms with Crippen molar-refractivity contribution in [3.05, 3.63) is 89.0 Å².